The second kappa shape index (κ2) is 9.47. The molecule has 8 nitrogen and oxygen atoms in total. The molecule has 2 atom stereocenters. The van der Waals surface area contributed by atoms with E-state index in [-0.39, 0.29) is 30.3 Å². The summed E-state index contributed by atoms with van der Waals surface area (Å²) in [6.07, 6.45) is 1.75. The van der Waals surface area contributed by atoms with Gasteiger partial charge in [0, 0.05) is 23.8 Å². The molecule has 0 spiro atoms. The molecular weight excluding hydrogens is 467 g/mol. The number of thiazole rings is 1. The van der Waals surface area contributed by atoms with Crippen LogP contribution in [0.3, 0.4) is 0 Å². The van der Waals surface area contributed by atoms with E-state index in [1.165, 1.54) is 23.5 Å². The number of amides is 1. The Morgan fingerprint density at radius 2 is 2.19 bits per heavy atom. The molecule has 1 fully saturated rings. The van der Waals surface area contributed by atoms with Crippen LogP contribution in [0, 0.1) is 5.82 Å². The minimum absolute atomic E-state index is 0.0144. The maximum atomic E-state index is 13.4. The smallest absolute Gasteiger partial charge is 0.280 e. The topological polar surface area (TPSA) is 101 Å². The van der Waals surface area contributed by atoms with Crippen LogP contribution in [0.25, 0.3) is 0 Å². The predicted octanol–water partition coefficient (Wildman–Crippen LogP) is 3.34. The fraction of sp³-hybridized carbons (Fsp3) is 0.474. The van der Waals surface area contributed by atoms with Crippen LogP contribution < -0.4 is 10.0 Å². The summed E-state index contributed by atoms with van der Waals surface area (Å²) in [6, 6.07) is 2.10. The maximum absolute atomic E-state index is 13.4. The lowest BCUT2D eigenvalue weighted by Gasteiger charge is -2.38. The highest BCUT2D eigenvalue weighted by molar-refractivity contribution is 7.87. The number of hydrogen-bond donors (Lipinski definition) is 2. The van der Waals surface area contributed by atoms with Gasteiger partial charge in [-0.05, 0) is 45.4 Å². The Morgan fingerprint density at radius 1 is 1.45 bits per heavy atom. The number of halogens is 2. The standard InChI is InChI=1S/C19H24ClFN4O4S2/c1-19(2,3)29-8-7-25-16(17(26)23-12-4-5-14(21)13(20)10-12)11-15(24-31(25,27)28)18-22-6-9-30-18/h4-6,9-10,15-16,24H,7-8,11H2,1-3H3,(H,23,26). The molecule has 1 amide bonds. The van der Waals surface area contributed by atoms with Crippen LogP contribution in [0.2, 0.25) is 5.02 Å². The number of nitrogens with one attached hydrogen (secondary N) is 2. The van der Waals surface area contributed by atoms with Gasteiger partial charge in [-0.3, -0.25) is 4.79 Å². The van der Waals surface area contributed by atoms with Gasteiger partial charge in [-0.1, -0.05) is 11.6 Å². The molecule has 1 aliphatic rings. The maximum Gasteiger partial charge on any atom is 0.280 e. The summed E-state index contributed by atoms with van der Waals surface area (Å²) >= 11 is 7.09. The van der Waals surface area contributed by atoms with Crippen LogP contribution in [-0.4, -0.2) is 48.4 Å². The number of carbonyl (C=O) groups excluding carboxylic acids is 1. The van der Waals surface area contributed by atoms with E-state index < -0.39 is 39.6 Å². The van der Waals surface area contributed by atoms with Gasteiger partial charge in [0.05, 0.1) is 23.3 Å². The van der Waals surface area contributed by atoms with Crippen LogP contribution in [0.4, 0.5) is 10.1 Å². The minimum atomic E-state index is -3.99. The lowest BCUT2D eigenvalue weighted by atomic mass is 10.1. The number of carbonyl (C=O) groups is 1. The van der Waals surface area contributed by atoms with Gasteiger partial charge in [0.15, 0.2) is 0 Å². The highest BCUT2D eigenvalue weighted by atomic mass is 35.5. The summed E-state index contributed by atoms with van der Waals surface area (Å²) in [7, 11) is -3.99. The van der Waals surface area contributed by atoms with Gasteiger partial charge in [-0.2, -0.15) is 17.4 Å². The molecule has 170 valence electrons. The van der Waals surface area contributed by atoms with Crippen molar-refractivity contribution in [3.05, 3.63) is 45.6 Å². The Balaban J connectivity index is 1.85. The fourth-order valence-corrected chi connectivity index (χ4v) is 5.61. The summed E-state index contributed by atoms with van der Waals surface area (Å²) in [5.41, 5.74) is -0.192. The molecule has 0 aliphatic carbocycles. The predicted molar refractivity (Wildman–Crippen MR) is 118 cm³/mol. The minimum Gasteiger partial charge on any atom is -0.374 e. The van der Waals surface area contributed by atoms with Crippen molar-refractivity contribution in [2.45, 2.75) is 44.9 Å². The monoisotopic (exact) mass is 490 g/mol. The number of benzene rings is 1. The van der Waals surface area contributed by atoms with Crippen molar-refractivity contribution in [1.29, 1.82) is 0 Å². The van der Waals surface area contributed by atoms with Gasteiger partial charge in [-0.25, -0.2) is 9.37 Å². The summed E-state index contributed by atoms with van der Waals surface area (Å²) in [5, 5.41) is 4.80. The van der Waals surface area contributed by atoms with E-state index in [2.05, 4.69) is 15.0 Å². The Bertz CT molecular complexity index is 1030. The third kappa shape index (κ3) is 6.21. The molecule has 1 aromatic carbocycles. The lowest BCUT2D eigenvalue weighted by Crippen LogP contribution is -2.58. The van der Waals surface area contributed by atoms with Crippen LogP contribution >= 0.6 is 22.9 Å². The molecule has 12 heteroatoms. The Morgan fingerprint density at radius 3 is 2.81 bits per heavy atom. The average Bonchev–Trinajstić information content (AvgIpc) is 3.19. The van der Waals surface area contributed by atoms with Crippen LogP contribution in [-0.2, 0) is 19.7 Å². The van der Waals surface area contributed by atoms with Gasteiger partial charge < -0.3 is 10.1 Å². The molecule has 2 heterocycles. The molecule has 2 aromatic rings. The first-order valence-corrected chi connectivity index (χ1v) is 12.2. The highest BCUT2D eigenvalue weighted by Crippen LogP contribution is 2.31. The molecule has 2 unspecified atom stereocenters. The van der Waals surface area contributed by atoms with E-state index >= 15 is 0 Å². The van der Waals surface area contributed by atoms with Crippen molar-refractivity contribution >= 4 is 44.7 Å². The Hall–Kier alpha value is -1.63. The van der Waals surface area contributed by atoms with Gasteiger partial charge in [0.2, 0.25) is 5.91 Å². The molecule has 31 heavy (non-hydrogen) atoms. The van der Waals surface area contributed by atoms with Crippen LogP contribution in [0.5, 0.6) is 0 Å². The van der Waals surface area contributed by atoms with Gasteiger partial charge in [0.25, 0.3) is 10.2 Å². The zero-order chi connectivity index (χ0) is 22.8. The summed E-state index contributed by atoms with van der Waals surface area (Å²) < 4.78 is 48.8. The van der Waals surface area contributed by atoms with E-state index in [1.54, 1.807) is 11.6 Å². The molecule has 1 aliphatic heterocycles. The number of hydrogen-bond acceptors (Lipinski definition) is 6. The zero-order valence-electron chi connectivity index (χ0n) is 17.3. The lowest BCUT2D eigenvalue weighted by molar-refractivity contribution is -0.120. The number of anilines is 1. The van der Waals surface area contributed by atoms with Gasteiger partial charge >= 0.3 is 0 Å². The zero-order valence-corrected chi connectivity index (χ0v) is 19.7. The van der Waals surface area contributed by atoms with Crippen molar-refractivity contribution in [2.75, 3.05) is 18.5 Å². The number of nitrogens with zero attached hydrogens (tertiary/aromatic N) is 2. The van der Waals surface area contributed by atoms with Crippen LogP contribution in [0.15, 0.2) is 29.8 Å². The summed E-state index contributed by atoms with van der Waals surface area (Å²) in [4.78, 5) is 17.3. The average molecular weight is 491 g/mol. The number of aromatic nitrogens is 1. The van der Waals surface area contributed by atoms with Gasteiger partial charge in [0.1, 0.15) is 16.9 Å². The van der Waals surface area contributed by atoms with E-state index in [0.29, 0.717) is 5.01 Å². The van der Waals surface area contributed by atoms with Crippen molar-refractivity contribution in [3.8, 4) is 0 Å². The first kappa shape index (κ1) is 24.0. The van der Waals surface area contributed by atoms with E-state index in [1.807, 2.05) is 20.8 Å². The summed E-state index contributed by atoms with van der Waals surface area (Å²) in [6.45, 7) is 5.67. The second-order valence-electron chi connectivity index (χ2n) is 7.99. The first-order valence-electron chi connectivity index (χ1n) is 9.54. The molecule has 2 N–H and O–H groups in total. The second-order valence-corrected chi connectivity index (χ2v) is 11.0. The third-order valence-corrected chi connectivity index (χ3v) is 7.31. The van der Waals surface area contributed by atoms with E-state index in [9.17, 15) is 17.6 Å². The van der Waals surface area contributed by atoms with E-state index in [4.69, 9.17) is 16.3 Å². The molecule has 3 rings (SSSR count). The van der Waals surface area contributed by atoms with Gasteiger partial charge in [-0.15, -0.1) is 11.3 Å². The van der Waals surface area contributed by atoms with Crippen molar-refractivity contribution < 1.29 is 22.3 Å². The molecule has 0 saturated carbocycles. The van der Waals surface area contributed by atoms with Crippen molar-refractivity contribution in [3.63, 3.8) is 0 Å². The quantitative estimate of drug-likeness (QED) is 0.646. The molecule has 1 saturated heterocycles. The molecule has 0 bridgehead atoms. The molecule has 0 radical (unpaired) electrons. The number of ether oxygens (including phenoxy) is 1. The van der Waals surface area contributed by atoms with Crippen molar-refractivity contribution in [1.82, 2.24) is 14.0 Å². The van der Waals surface area contributed by atoms with Crippen molar-refractivity contribution in [2.24, 2.45) is 0 Å². The molecular formula is C19H24ClFN4O4S2. The first-order chi connectivity index (χ1) is 14.5. The van der Waals surface area contributed by atoms with E-state index in [0.717, 1.165) is 10.4 Å². The third-order valence-electron chi connectivity index (χ3n) is 4.49. The summed E-state index contributed by atoms with van der Waals surface area (Å²) in [5.74, 6) is -1.17. The number of rotatable bonds is 6. The van der Waals surface area contributed by atoms with Crippen LogP contribution in [0.1, 0.15) is 38.2 Å². The largest absolute Gasteiger partial charge is 0.374 e. The fourth-order valence-electron chi connectivity index (χ4n) is 3.12. The molecule has 1 aromatic heterocycles. The highest BCUT2D eigenvalue weighted by Gasteiger charge is 2.43. The SMILES string of the molecule is CC(C)(C)OCCN1C(C(=O)Nc2ccc(F)c(Cl)c2)CC(c2nccs2)NS1(=O)=O. The Labute approximate surface area is 189 Å². The normalized spacial score (nSPS) is 21.7. The Kier molecular flexibility index (Phi) is 7.34.